The van der Waals surface area contributed by atoms with Crippen LogP contribution in [0.1, 0.15) is 38.8 Å². The molecule has 0 heterocycles. The molecule has 4 heteroatoms. The summed E-state index contributed by atoms with van der Waals surface area (Å²) < 4.78 is 19.2. The third-order valence-corrected chi connectivity index (χ3v) is 3.37. The van der Waals surface area contributed by atoms with E-state index in [1.54, 1.807) is 19.2 Å². The van der Waals surface area contributed by atoms with Crippen LogP contribution in [0.4, 0.5) is 4.39 Å². The predicted molar refractivity (Wildman–Crippen MR) is 74.8 cm³/mol. The minimum Gasteiger partial charge on any atom is -0.496 e. The molecule has 0 aromatic heterocycles. The van der Waals surface area contributed by atoms with Crippen molar-refractivity contribution in [3.8, 4) is 5.75 Å². The highest BCUT2D eigenvalue weighted by Crippen LogP contribution is 2.28. The molecule has 1 aromatic rings. The molecule has 0 saturated heterocycles. The maximum atomic E-state index is 14.0. The molecule has 2 atom stereocenters. The van der Waals surface area contributed by atoms with E-state index in [9.17, 15) is 4.39 Å². The van der Waals surface area contributed by atoms with Crippen LogP contribution >= 0.6 is 0 Å². The Morgan fingerprint density at radius 3 is 2.53 bits per heavy atom. The second-order valence-electron chi connectivity index (χ2n) is 5.11. The van der Waals surface area contributed by atoms with Crippen molar-refractivity contribution in [3.63, 3.8) is 0 Å². The van der Waals surface area contributed by atoms with Crippen LogP contribution < -0.4 is 10.1 Å². The van der Waals surface area contributed by atoms with Crippen molar-refractivity contribution < 1.29 is 14.2 Å². The smallest absolute Gasteiger partial charge is 0.131 e. The molecule has 0 amide bonds. The Morgan fingerprint density at radius 2 is 2.00 bits per heavy atom. The van der Waals surface area contributed by atoms with Gasteiger partial charge in [-0.15, -0.1) is 0 Å². The van der Waals surface area contributed by atoms with Crippen LogP contribution in [0.2, 0.25) is 0 Å². The summed E-state index contributed by atoms with van der Waals surface area (Å²) in [6, 6.07) is 4.80. The Bertz CT molecular complexity index is 396. The van der Waals surface area contributed by atoms with Crippen molar-refractivity contribution in [3.05, 3.63) is 29.6 Å². The molecule has 0 bridgehead atoms. The number of hydrogen-bond acceptors (Lipinski definition) is 3. The number of ether oxygens (including phenoxy) is 1. The van der Waals surface area contributed by atoms with Gasteiger partial charge in [0.05, 0.1) is 7.11 Å². The van der Waals surface area contributed by atoms with Crippen LogP contribution in [0.15, 0.2) is 18.2 Å². The van der Waals surface area contributed by atoms with E-state index in [1.165, 1.54) is 6.07 Å². The van der Waals surface area contributed by atoms with Crippen molar-refractivity contribution >= 4 is 0 Å². The molecule has 0 spiro atoms. The van der Waals surface area contributed by atoms with Crippen LogP contribution in [0, 0.1) is 11.7 Å². The largest absolute Gasteiger partial charge is 0.496 e. The highest BCUT2D eigenvalue weighted by Gasteiger charge is 2.21. The van der Waals surface area contributed by atoms with Crippen LogP contribution in [0.3, 0.4) is 0 Å². The lowest BCUT2D eigenvalue weighted by Crippen LogP contribution is -2.37. The zero-order valence-electron chi connectivity index (χ0n) is 12.1. The second kappa shape index (κ2) is 7.46. The van der Waals surface area contributed by atoms with Gasteiger partial charge in [0.2, 0.25) is 0 Å². The van der Waals surface area contributed by atoms with E-state index in [4.69, 9.17) is 9.84 Å². The van der Waals surface area contributed by atoms with Gasteiger partial charge in [0.25, 0.3) is 0 Å². The summed E-state index contributed by atoms with van der Waals surface area (Å²) in [6.45, 7) is 6.20. The van der Waals surface area contributed by atoms with Crippen molar-refractivity contribution in [1.82, 2.24) is 5.32 Å². The second-order valence-corrected chi connectivity index (χ2v) is 5.11. The number of methoxy groups -OCH3 is 1. The van der Waals surface area contributed by atoms with Gasteiger partial charge in [-0.1, -0.05) is 19.9 Å². The molecule has 1 aromatic carbocycles. The maximum Gasteiger partial charge on any atom is 0.131 e. The number of nitrogens with one attached hydrogen (secondary N) is 1. The standard InChI is InChI=1S/C15H24FNO2/c1-10(2)13(8-9-18)17-11(3)15-12(16)6-5-7-14(15)19-4/h5-7,10-11,13,17-18H,8-9H2,1-4H3. The highest BCUT2D eigenvalue weighted by atomic mass is 19.1. The summed E-state index contributed by atoms with van der Waals surface area (Å²) in [6.07, 6.45) is 0.652. The monoisotopic (exact) mass is 269 g/mol. The fourth-order valence-corrected chi connectivity index (χ4v) is 2.27. The zero-order chi connectivity index (χ0) is 14.4. The molecule has 108 valence electrons. The summed E-state index contributed by atoms with van der Waals surface area (Å²) in [5.41, 5.74) is 0.536. The van der Waals surface area contributed by atoms with E-state index in [0.29, 0.717) is 23.7 Å². The van der Waals surface area contributed by atoms with Gasteiger partial charge in [0.1, 0.15) is 11.6 Å². The van der Waals surface area contributed by atoms with Crippen LogP contribution in [-0.4, -0.2) is 24.9 Å². The Hall–Kier alpha value is -1.13. The molecule has 2 unspecified atom stereocenters. The van der Waals surface area contributed by atoms with Crippen molar-refractivity contribution in [2.24, 2.45) is 5.92 Å². The number of rotatable bonds is 7. The molecule has 0 fully saturated rings. The third-order valence-electron chi connectivity index (χ3n) is 3.37. The number of aliphatic hydroxyl groups is 1. The SMILES string of the molecule is COc1cccc(F)c1C(C)NC(CCO)C(C)C. The summed E-state index contributed by atoms with van der Waals surface area (Å²) in [5, 5.41) is 12.5. The molecule has 0 aliphatic carbocycles. The predicted octanol–water partition coefficient (Wildman–Crippen LogP) is 2.89. The summed E-state index contributed by atoms with van der Waals surface area (Å²) in [7, 11) is 1.54. The van der Waals surface area contributed by atoms with Crippen LogP contribution in [0.25, 0.3) is 0 Å². The molecule has 0 saturated carbocycles. The molecular formula is C15H24FNO2. The Balaban J connectivity index is 2.90. The van der Waals surface area contributed by atoms with E-state index >= 15 is 0 Å². The molecule has 0 aliphatic rings. The van der Waals surface area contributed by atoms with Gasteiger partial charge < -0.3 is 15.2 Å². The zero-order valence-corrected chi connectivity index (χ0v) is 12.1. The van der Waals surface area contributed by atoms with E-state index in [-0.39, 0.29) is 24.5 Å². The minimum absolute atomic E-state index is 0.122. The maximum absolute atomic E-state index is 14.0. The first-order valence-corrected chi connectivity index (χ1v) is 6.70. The summed E-state index contributed by atoms with van der Waals surface area (Å²) in [4.78, 5) is 0. The molecule has 0 radical (unpaired) electrons. The van der Waals surface area contributed by atoms with E-state index in [0.717, 1.165) is 0 Å². The topological polar surface area (TPSA) is 41.5 Å². The fraction of sp³-hybridized carbons (Fsp3) is 0.600. The summed E-state index contributed by atoms with van der Waals surface area (Å²) in [5.74, 6) is 0.643. The molecule has 19 heavy (non-hydrogen) atoms. The number of halogens is 1. The van der Waals surface area contributed by atoms with Crippen LogP contribution in [-0.2, 0) is 0 Å². The molecule has 2 N–H and O–H groups in total. The van der Waals surface area contributed by atoms with Gasteiger partial charge in [-0.05, 0) is 31.4 Å². The third kappa shape index (κ3) is 4.18. The Kier molecular flexibility index (Phi) is 6.25. The molecular weight excluding hydrogens is 245 g/mol. The fourth-order valence-electron chi connectivity index (χ4n) is 2.27. The van der Waals surface area contributed by atoms with Crippen molar-refractivity contribution in [2.75, 3.05) is 13.7 Å². The normalized spacial score (nSPS) is 14.5. The van der Waals surface area contributed by atoms with Crippen molar-refractivity contribution in [1.29, 1.82) is 0 Å². The lowest BCUT2D eigenvalue weighted by atomic mass is 9.98. The highest BCUT2D eigenvalue weighted by molar-refractivity contribution is 5.37. The first kappa shape index (κ1) is 15.9. The number of benzene rings is 1. The van der Waals surface area contributed by atoms with Gasteiger partial charge >= 0.3 is 0 Å². The molecule has 0 aliphatic heterocycles. The lowest BCUT2D eigenvalue weighted by Gasteiger charge is -2.27. The van der Waals surface area contributed by atoms with Gasteiger partial charge in [0.15, 0.2) is 0 Å². The van der Waals surface area contributed by atoms with E-state index in [2.05, 4.69) is 19.2 Å². The first-order valence-electron chi connectivity index (χ1n) is 6.70. The van der Waals surface area contributed by atoms with E-state index < -0.39 is 0 Å². The Labute approximate surface area is 114 Å². The summed E-state index contributed by atoms with van der Waals surface area (Å²) >= 11 is 0. The van der Waals surface area contributed by atoms with Crippen molar-refractivity contribution in [2.45, 2.75) is 39.3 Å². The van der Waals surface area contributed by atoms with Gasteiger partial charge in [0, 0.05) is 24.3 Å². The Morgan fingerprint density at radius 1 is 1.32 bits per heavy atom. The number of hydrogen-bond donors (Lipinski definition) is 2. The van der Waals surface area contributed by atoms with Gasteiger partial charge in [-0.2, -0.15) is 0 Å². The number of aliphatic hydroxyl groups excluding tert-OH is 1. The molecule has 1 rings (SSSR count). The molecule has 3 nitrogen and oxygen atoms in total. The lowest BCUT2D eigenvalue weighted by molar-refractivity contribution is 0.235. The average molecular weight is 269 g/mol. The van der Waals surface area contributed by atoms with E-state index in [1.807, 2.05) is 6.92 Å². The minimum atomic E-state index is -0.272. The van der Waals surface area contributed by atoms with Gasteiger partial charge in [-0.25, -0.2) is 4.39 Å². The first-order chi connectivity index (χ1) is 9.01. The van der Waals surface area contributed by atoms with Gasteiger partial charge in [-0.3, -0.25) is 0 Å². The van der Waals surface area contributed by atoms with Crippen LogP contribution in [0.5, 0.6) is 5.75 Å². The average Bonchev–Trinajstić information content (AvgIpc) is 2.37. The quantitative estimate of drug-likeness (QED) is 0.799.